The Bertz CT molecular complexity index is 525. The molecule has 0 spiro atoms. The minimum absolute atomic E-state index is 0.0213. The number of hydrogen-bond acceptors (Lipinski definition) is 3. The molecule has 1 amide bonds. The molecular weight excluding hydrogens is 244 g/mol. The normalized spacial score (nSPS) is 19.2. The predicted octanol–water partition coefficient (Wildman–Crippen LogP) is 3.31. The van der Waals surface area contributed by atoms with Gasteiger partial charge < -0.3 is 5.32 Å². The molecule has 5 nitrogen and oxygen atoms in total. The number of nitro benzene ring substituents is 1. The van der Waals surface area contributed by atoms with Crippen molar-refractivity contribution in [3.63, 3.8) is 0 Å². The van der Waals surface area contributed by atoms with E-state index in [9.17, 15) is 14.9 Å². The van der Waals surface area contributed by atoms with Gasteiger partial charge in [-0.15, -0.1) is 0 Å². The van der Waals surface area contributed by atoms with Gasteiger partial charge in [-0.3, -0.25) is 14.9 Å². The Morgan fingerprint density at radius 2 is 2.11 bits per heavy atom. The smallest absolute Gasteiger partial charge is 0.293 e. The molecule has 5 heteroatoms. The van der Waals surface area contributed by atoms with E-state index in [-0.39, 0.29) is 23.4 Å². The fourth-order valence-electron chi connectivity index (χ4n) is 2.96. The zero-order valence-corrected chi connectivity index (χ0v) is 11.3. The average molecular weight is 262 g/mol. The van der Waals surface area contributed by atoms with Crippen LogP contribution >= 0.6 is 0 Å². The molecule has 2 atom stereocenters. The van der Waals surface area contributed by atoms with Gasteiger partial charge in [0.25, 0.3) is 5.69 Å². The topological polar surface area (TPSA) is 72.2 Å². The minimum atomic E-state index is -0.447. The van der Waals surface area contributed by atoms with Crippen molar-refractivity contribution in [1.29, 1.82) is 0 Å². The zero-order chi connectivity index (χ0) is 14.2. The average Bonchev–Trinajstić information content (AvgIpc) is 2.66. The molecule has 1 aliphatic rings. The number of carbonyl (C=O) groups is 1. The molecule has 1 aliphatic heterocycles. The highest BCUT2D eigenvalue weighted by molar-refractivity contribution is 6.05. The van der Waals surface area contributed by atoms with E-state index in [1.807, 2.05) is 13.0 Å². The first-order valence-electron chi connectivity index (χ1n) is 6.55. The van der Waals surface area contributed by atoms with E-state index in [0.717, 1.165) is 12.0 Å². The van der Waals surface area contributed by atoms with Gasteiger partial charge in [-0.05, 0) is 17.4 Å². The van der Waals surface area contributed by atoms with Crippen LogP contribution in [-0.4, -0.2) is 10.8 Å². The Hall–Kier alpha value is -1.91. The molecular formula is C14H18N2O3. The molecule has 1 heterocycles. The quantitative estimate of drug-likeness (QED) is 0.668. The molecule has 102 valence electrons. The number of carbonyl (C=O) groups excluding carboxylic acids is 1. The van der Waals surface area contributed by atoms with Crippen molar-refractivity contribution in [3.05, 3.63) is 33.9 Å². The lowest BCUT2D eigenvalue weighted by Gasteiger charge is -2.24. The number of anilines is 1. The molecule has 2 unspecified atom stereocenters. The molecule has 1 aromatic rings. The monoisotopic (exact) mass is 262 g/mol. The number of benzene rings is 1. The van der Waals surface area contributed by atoms with Gasteiger partial charge in [-0.2, -0.15) is 0 Å². The maximum Gasteiger partial charge on any atom is 0.293 e. The van der Waals surface area contributed by atoms with Crippen LogP contribution in [0.4, 0.5) is 11.4 Å². The van der Waals surface area contributed by atoms with E-state index in [1.165, 1.54) is 6.07 Å². The molecule has 1 N–H and O–H groups in total. The first-order chi connectivity index (χ1) is 8.97. The Kier molecular flexibility index (Phi) is 3.55. The van der Waals surface area contributed by atoms with Crippen LogP contribution < -0.4 is 5.32 Å². The highest BCUT2D eigenvalue weighted by atomic mass is 16.6. The van der Waals surface area contributed by atoms with Crippen LogP contribution in [0, 0.1) is 22.0 Å². The summed E-state index contributed by atoms with van der Waals surface area (Å²) >= 11 is 0. The van der Waals surface area contributed by atoms with Gasteiger partial charge in [-0.1, -0.05) is 39.3 Å². The van der Waals surface area contributed by atoms with E-state index >= 15 is 0 Å². The predicted molar refractivity (Wildman–Crippen MR) is 73.1 cm³/mol. The Morgan fingerprint density at radius 3 is 2.63 bits per heavy atom. The summed E-state index contributed by atoms with van der Waals surface area (Å²) < 4.78 is 0. The second kappa shape index (κ2) is 4.99. The largest absolute Gasteiger partial charge is 0.320 e. The second-order valence-corrected chi connectivity index (χ2v) is 5.28. The van der Waals surface area contributed by atoms with Crippen molar-refractivity contribution >= 4 is 17.3 Å². The van der Waals surface area contributed by atoms with E-state index in [4.69, 9.17) is 0 Å². The molecule has 0 radical (unpaired) electrons. The fraction of sp³-hybridized carbons (Fsp3) is 0.500. The van der Waals surface area contributed by atoms with Gasteiger partial charge in [0, 0.05) is 6.07 Å². The number of amides is 1. The lowest BCUT2D eigenvalue weighted by Crippen LogP contribution is -2.24. The number of nitrogens with zero attached hydrogens (tertiary/aromatic N) is 1. The number of nitrogens with one attached hydrogen (secondary N) is 1. The third-order valence-corrected chi connectivity index (χ3v) is 3.89. The number of fused-ring (bicyclic) bond motifs is 1. The molecule has 0 aromatic heterocycles. The standard InChI is InChI=1S/C14H18N2O3/c1-4-9(8(2)3)12-10-6-5-7-11(16(18)19)13(10)15-14(12)17/h5-9,12H,4H2,1-3H3,(H,15,17). The van der Waals surface area contributed by atoms with E-state index in [1.54, 1.807) is 6.07 Å². The highest BCUT2D eigenvalue weighted by Crippen LogP contribution is 2.45. The van der Waals surface area contributed by atoms with E-state index in [2.05, 4.69) is 19.2 Å². The van der Waals surface area contributed by atoms with Gasteiger partial charge >= 0.3 is 0 Å². The van der Waals surface area contributed by atoms with Gasteiger partial charge in [-0.25, -0.2) is 0 Å². The molecule has 0 saturated carbocycles. The number of hydrogen-bond donors (Lipinski definition) is 1. The van der Waals surface area contributed by atoms with Crippen LogP contribution in [-0.2, 0) is 4.79 Å². The maximum atomic E-state index is 12.2. The van der Waals surface area contributed by atoms with Crippen molar-refractivity contribution in [2.24, 2.45) is 11.8 Å². The van der Waals surface area contributed by atoms with E-state index < -0.39 is 4.92 Å². The summed E-state index contributed by atoms with van der Waals surface area (Å²) in [5.74, 6) is 0.152. The number of para-hydroxylation sites is 1. The molecule has 1 aromatic carbocycles. The summed E-state index contributed by atoms with van der Waals surface area (Å²) in [6.45, 7) is 6.21. The van der Waals surface area contributed by atoms with Gasteiger partial charge in [0.2, 0.25) is 5.91 Å². The number of nitro groups is 1. The highest BCUT2D eigenvalue weighted by Gasteiger charge is 2.40. The van der Waals surface area contributed by atoms with Crippen molar-refractivity contribution in [2.75, 3.05) is 5.32 Å². The van der Waals surface area contributed by atoms with Crippen LogP contribution in [0.3, 0.4) is 0 Å². The Balaban J connectivity index is 2.50. The van der Waals surface area contributed by atoms with Crippen LogP contribution in [0.5, 0.6) is 0 Å². The van der Waals surface area contributed by atoms with Crippen LogP contribution in [0.1, 0.15) is 38.7 Å². The summed E-state index contributed by atoms with van der Waals surface area (Å²) in [7, 11) is 0. The third-order valence-electron chi connectivity index (χ3n) is 3.89. The molecule has 0 bridgehead atoms. The zero-order valence-electron chi connectivity index (χ0n) is 11.3. The lowest BCUT2D eigenvalue weighted by molar-refractivity contribution is -0.383. The Labute approximate surface area is 112 Å². The van der Waals surface area contributed by atoms with Crippen LogP contribution in [0.25, 0.3) is 0 Å². The van der Waals surface area contributed by atoms with Crippen molar-refractivity contribution in [3.8, 4) is 0 Å². The first-order valence-corrected chi connectivity index (χ1v) is 6.55. The summed E-state index contributed by atoms with van der Waals surface area (Å²) in [4.78, 5) is 22.7. The van der Waals surface area contributed by atoms with Crippen molar-refractivity contribution in [1.82, 2.24) is 0 Å². The lowest BCUT2D eigenvalue weighted by atomic mass is 9.78. The molecule has 19 heavy (non-hydrogen) atoms. The van der Waals surface area contributed by atoms with Crippen molar-refractivity contribution < 1.29 is 9.72 Å². The van der Waals surface area contributed by atoms with Gasteiger partial charge in [0.15, 0.2) is 0 Å². The summed E-state index contributed by atoms with van der Waals surface area (Å²) in [5.41, 5.74) is 1.12. The van der Waals surface area contributed by atoms with Crippen molar-refractivity contribution in [2.45, 2.75) is 33.1 Å². The van der Waals surface area contributed by atoms with Gasteiger partial charge in [0.1, 0.15) is 5.69 Å². The first kappa shape index (κ1) is 13.5. The number of rotatable bonds is 4. The fourth-order valence-corrected chi connectivity index (χ4v) is 2.96. The summed E-state index contributed by atoms with van der Waals surface area (Å²) in [6, 6.07) is 4.89. The van der Waals surface area contributed by atoms with Crippen LogP contribution in [0.2, 0.25) is 0 Å². The SMILES string of the molecule is CCC(C(C)C)C1C(=O)Nc2c1cccc2[N+](=O)[O-]. The molecule has 2 rings (SSSR count). The van der Waals surface area contributed by atoms with E-state index in [0.29, 0.717) is 11.6 Å². The Morgan fingerprint density at radius 1 is 1.42 bits per heavy atom. The van der Waals surface area contributed by atoms with Crippen LogP contribution in [0.15, 0.2) is 18.2 Å². The maximum absolute atomic E-state index is 12.2. The molecule has 0 aliphatic carbocycles. The summed E-state index contributed by atoms with van der Waals surface area (Å²) in [5, 5.41) is 13.7. The third kappa shape index (κ3) is 2.20. The minimum Gasteiger partial charge on any atom is -0.320 e. The molecule has 0 saturated heterocycles. The molecule has 0 fully saturated rings. The second-order valence-electron chi connectivity index (χ2n) is 5.28. The van der Waals surface area contributed by atoms with Gasteiger partial charge in [0.05, 0.1) is 10.8 Å². The summed E-state index contributed by atoms with van der Waals surface area (Å²) in [6.07, 6.45) is 0.873.